The first-order valence-corrected chi connectivity index (χ1v) is 6.61. The zero-order chi connectivity index (χ0) is 13.9. The summed E-state index contributed by atoms with van der Waals surface area (Å²) in [5.74, 6) is 1.43. The standard InChI is InChI=1S/C17H16O3/c1-12-7-8-15-16(18)9-14(10-17(15)20-12)19-11-13-5-3-2-4-6-13/h2-10,12,18H,11H2,1H3. The van der Waals surface area contributed by atoms with Crippen LogP contribution in [0.3, 0.4) is 0 Å². The third-order valence-electron chi connectivity index (χ3n) is 3.19. The van der Waals surface area contributed by atoms with Crippen LogP contribution in [0.4, 0.5) is 0 Å². The molecule has 20 heavy (non-hydrogen) atoms. The van der Waals surface area contributed by atoms with Gasteiger partial charge in [0.05, 0.1) is 5.56 Å². The molecule has 1 atom stereocenters. The average molecular weight is 268 g/mol. The second kappa shape index (κ2) is 5.29. The Morgan fingerprint density at radius 2 is 2.00 bits per heavy atom. The van der Waals surface area contributed by atoms with Gasteiger partial charge in [0.2, 0.25) is 0 Å². The SMILES string of the molecule is CC1C=Cc2c(O)cc(OCc3ccccc3)cc2O1. The minimum absolute atomic E-state index is 0.00581. The van der Waals surface area contributed by atoms with Crippen molar-refractivity contribution in [2.24, 2.45) is 0 Å². The molecule has 3 rings (SSSR count). The molecule has 0 saturated carbocycles. The van der Waals surface area contributed by atoms with E-state index in [1.54, 1.807) is 6.07 Å². The Labute approximate surface area is 118 Å². The van der Waals surface area contributed by atoms with Gasteiger partial charge in [-0.25, -0.2) is 0 Å². The molecule has 1 heterocycles. The van der Waals surface area contributed by atoms with Crippen LogP contribution in [0.5, 0.6) is 17.2 Å². The van der Waals surface area contributed by atoms with Gasteiger partial charge in [-0.15, -0.1) is 0 Å². The summed E-state index contributed by atoms with van der Waals surface area (Å²) < 4.78 is 11.4. The van der Waals surface area contributed by atoms with Crippen LogP contribution in [-0.4, -0.2) is 11.2 Å². The van der Waals surface area contributed by atoms with Gasteiger partial charge in [-0.2, -0.15) is 0 Å². The Morgan fingerprint density at radius 1 is 1.20 bits per heavy atom. The van der Waals surface area contributed by atoms with Gasteiger partial charge in [-0.05, 0) is 24.6 Å². The van der Waals surface area contributed by atoms with Gasteiger partial charge in [-0.3, -0.25) is 0 Å². The average Bonchev–Trinajstić information content (AvgIpc) is 2.46. The molecule has 3 nitrogen and oxygen atoms in total. The number of hydrogen-bond acceptors (Lipinski definition) is 3. The summed E-state index contributed by atoms with van der Waals surface area (Å²) in [6.07, 6.45) is 3.79. The van der Waals surface area contributed by atoms with E-state index < -0.39 is 0 Å². The third-order valence-corrected chi connectivity index (χ3v) is 3.19. The Hall–Kier alpha value is -2.42. The van der Waals surface area contributed by atoms with Crippen LogP contribution in [0, 0.1) is 0 Å². The molecule has 0 amide bonds. The third kappa shape index (κ3) is 2.62. The van der Waals surface area contributed by atoms with E-state index in [1.807, 2.05) is 55.5 Å². The van der Waals surface area contributed by atoms with E-state index in [0.29, 0.717) is 23.7 Å². The lowest BCUT2D eigenvalue weighted by molar-refractivity contribution is 0.258. The first-order chi connectivity index (χ1) is 9.72. The van der Waals surface area contributed by atoms with Gasteiger partial charge in [-0.1, -0.05) is 30.3 Å². The van der Waals surface area contributed by atoms with Crippen molar-refractivity contribution >= 4 is 6.08 Å². The lowest BCUT2D eigenvalue weighted by atomic mass is 10.1. The quantitative estimate of drug-likeness (QED) is 0.921. The molecule has 0 aromatic heterocycles. The van der Waals surface area contributed by atoms with Gasteiger partial charge < -0.3 is 14.6 Å². The van der Waals surface area contributed by atoms with Crippen molar-refractivity contribution in [1.29, 1.82) is 0 Å². The highest BCUT2D eigenvalue weighted by Gasteiger charge is 2.16. The van der Waals surface area contributed by atoms with Crippen molar-refractivity contribution in [2.45, 2.75) is 19.6 Å². The smallest absolute Gasteiger partial charge is 0.134 e. The van der Waals surface area contributed by atoms with E-state index in [-0.39, 0.29) is 11.9 Å². The fourth-order valence-electron chi connectivity index (χ4n) is 2.15. The molecule has 0 radical (unpaired) electrons. The first-order valence-electron chi connectivity index (χ1n) is 6.61. The monoisotopic (exact) mass is 268 g/mol. The topological polar surface area (TPSA) is 38.7 Å². The van der Waals surface area contributed by atoms with Crippen LogP contribution < -0.4 is 9.47 Å². The zero-order valence-corrected chi connectivity index (χ0v) is 11.2. The predicted octanol–water partition coefficient (Wildman–Crippen LogP) is 3.77. The summed E-state index contributed by atoms with van der Waals surface area (Å²) in [6.45, 7) is 2.42. The lowest BCUT2D eigenvalue weighted by Crippen LogP contribution is -2.12. The molecule has 0 spiro atoms. The van der Waals surface area contributed by atoms with Gasteiger partial charge in [0.25, 0.3) is 0 Å². The Bertz CT molecular complexity index is 632. The lowest BCUT2D eigenvalue weighted by Gasteiger charge is -2.20. The molecule has 0 saturated heterocycles. The minimum atomic E-state index is 0.00581. The predicted molar refractivity (Wildman–Crippen MR) is 78.0 cm³/mol. The molecule has 1 aliphatic rings. The van der Waals surface area contributed by atoms with Crippen LogP contribution in [0.1, 0.15) is 18.1 Å². The van der Waals surface area contributed by atoms with E-state index >= 15 is 0 Å². The molecule has 102 valence electrons. The summed E-state index contributed by atoms with van der Waals surface area (Å²) in [6, 6.07) is 13.3. The fourth-order valence-corrected chi connectivity index (χ4v) is 2.15. The van der Waals surface area contributed by atoms with E-state index in [9.17, 15) is 5.11 Å². The van der Waals surface area contributed by atoms with Crippen LogP contribution in [0.2, 0.25) is 0 Å². The maximum absolute atomic E-state index is 10.0. The number of benzene rings is 2. The van der Waals surface area contributed by atoms with Gasteiger partial charge >= 0.3 is 0 Å². The Morgan fingerprint density at radius 3 is 2.80 bits per heavy atom. The summed E-state index contributed by atoms with van der Waals surface area (Å²) in [5.41, 5.74) is 1.79. The summed E-state index contributed by atoms with van der Waals surface area (Å²) in [4.78, 5) is 0. The largest absolute Gasteiger partial charge is 0.507 e. The highest BCUT2D eigenvalue weighted by atomic mass is 16.5. The number of fused-ring (bicyclic) bond motifs is 1. The summed E-state index contributed by atoms with van der Waals surface area (Å²) in [5, 5.41) is 10.0. The van der Waals surface area contributed by atoms with Crippen molar-refractivity contribution in [3.8, 4) is 17.2 Å². The molecule has 0 aliphatic carbocycles. The molecule has 0 fully saturated rings. The van der Waals surface area contributed by atoms with Crippen molar-refractivity contribution in [1.82, 2.24) is 0 Å². The van der Waals surface area contributed by atoms with Crippen LogP contribution in [0.25, 0.3) is 6.08 Å². The minimum Gasteiger partial charge on any atom is -0.507 e. The summed E-state index contributed by atoms with van der Waals surface area (Å²) in [7, 11) is 0. The number of hydrogen-bond donors (Lipinski definition) is 1. The van der Waals surface area contributed by atoms with Crippen LogP contribution in [0.15, 0.2) is 48.5 Å². The molecule has 2 aromatic rings. The van der Waals surface area contributed by atoms with Gasteiger partial charge in [0.1, 0.15) is 30.0 Å². The normalized spacial score (nSPS) is 16.4. The number of phenols is 1. The molecule has 1 N–H and O–H groups in total. The molecular weight excluding hydrogens is 252 g/mol. The molecule has 2 aromatic carbocycles. The van der Waals surface area contributed by atoms with Crippen molar-refractivity contribution < 1.29 is 14.6 Å². The van der Waals surface area contributed by atoms with E-state index in [0.717, 1.165) is 5.56 Å². The Balaban J connectivity index is 1.80. The molecular formula is C17H16O3. The Kier molecular flexibility index (Phi) is 3.33. The number of phenolic OH excluding ortho intramolecular Hbond substituents is 1. The highest BCUT2D eigenvalue weighted by Crippen LogP contribution is 2.37. The highest BCUT2D eigenvalue weighted by molar-refractivity contribution is 5.67. The number of rotatable bonds is 3. The van der Waals surface area contributed by atoms with Crippen molar-refractivity contribution in [3.05, 3.63) is 59.7 Å². The fraction of sp³-hybridized carbons (Fsp3) is 0.176. The molecule has 1 aliphatic heterocycles. The maximum Gasteiger partial charge on any atom is 0.134 e. The van der Waals surface area contributed by atoms with E-state index in [4.69, 9.17) is 9.47 Å². The van der Waals surface area contributed by atoms with E-state index in [2.05, 4.69) is 0 Å². The summed E-state index contributed by atoms with van der Waals surface area (Å²) >= 11 is 0. The zero-order valence-electron chi connectivity index (χ0n) is 11.2. The molecule has 0 bridgehead atoms. The van der Waals surface area contributed by atoms with Gasteiger partial charge in [0.15, 0.2) is 0 Å². The first kappa shape index (κ1) is 12.6. The van der Waals surface area contributed by atoms with Crippen LogP contribution >= 0.6 is 0 Å². The van der Waals surface area contributed by atoms with Gasteiger partial charge in [0, 0.05) is 12.1 Å². The van der Waals surface area contributed by atoms with Crippen molar-refractivity contribution in [3.63, 3.8) is 0 Å². The molecule has 1 unspecified atom stereocenters. The second-order valence-electron chi connectivity index (χ2n) is 4.81. The van der Waals surface area contributed by atoms with Crippen molar-refractivity contribution in [2.75, 3.05) is 0 Å². The second-order valence-corrected chi connectivity index (χ2v) is 4.81. The van der Waals surface area contributed by atoms with E-state index in [1.165, 1.54) is 0 Å². The van der Waals surface area contributed by atoms with Crippen LogP contribution in [-0.2, 0) is 6.61 Å². The number of aromatic hydroxyl groups is 1. The maximum atomic E-state index is 10.0. The molecule has 3 heteroatoms. The number of ether oxygens (including phenoxy) is 2.